The van der Waals surface area contributed by atoms with E-state index in [4.69, 9.17) is 4.74 Å². The van der Waals surface area contributed by atoms with Crippen LogP contribution in [0.5, 0.6) is 0 Å². The molecule has 4 rings (SSSR count). The molecular weight excluding hydrogens is 384 g/mol. The fourth-order valence-electron chi connectivity index (χ4n) is 3.66. The highest BCUT2D eigenvalue weighted by Crippen LogP contribution is 2.29. The minimum atomic E-state index is -0.258. The maximum Gasteiger partial charge on any atom is 0.253 e. The number of carbonyl (C=O) groups excluding carboxylic acids is 3. The Morgan fingerprint density at radius 2 is 1.93 bits per heavy atom. The van der Waals surface area contributed by atoms with Gasteiger partial charge in [0.15, 0.2) is 0 Å². The van der Waals surface area contributed by atoms with Gasteiger partial charge in [-0.3, -0.25) is 19.3 Å². The van der Waals surface area contributed by atoms with Crippen molar-refractivity contribution in [3.63, 3.8) is 0 Å². The van der Waals surface area contributed by atoms with E-state index in [0.717, 1.165) is 19.4 Å². The first-order valence-corrected chi connectivity index (χ1v) is 10.0. The van der Waals surface area contributed by atoms with Crippen LogP contribution < -0.4 is 20.9 Å². The summed E-state index contributed by atoms with van der Waals surface area (Å²) in [4.78, 5) is 38.8. The van der Waals surface area contributed by atoms with Crippen molar-refractivity contribution >= 4 is 34.8 Å². The van der Waals surface area contributed by atoms with Crippen molar-refractivity contribution in [3.05, 3.63) is 54.1 Å². The molecule has 1 atom stereocenters. The summed E-state index contributed by atoms with van der Waals surface area (Å²) in [5.41, 5.74) is 2.29. The fraction of sp³-hybridized carbons (Fsp3) is 0.318. The highest BCUT2D eigenvalue weighted by molar-refractivity contribution is 6.11. The average molecular weight is 408 g/mol. The lowest BCUT2D eigenvalue weighted by atomic mass is 10.1. The maximum absolute atomic E-state index is 12.8. The van der Waals surface area contributed by atoms with Gasteiger partial charge in [0.1, 0.15) is 6.54 Å². The maximum atomic E-state index is 12.8. The zero-order valence-electron chi connectivity index (χ0n) is 16.5. The number of anilines is 3. The summed E-state index contributed by atoms with van der Waals surface area (Å²) in [7, 11) is 0. The van der Waals surface area contributed by atoms with E-state index in [2.05, 4.69) is 16.0 Å². The molecule has 2 heterocycles. The van der Waals surface area contributed by atoms with Gasteiger partial charge in [-0.2, -0.15) is 0 Å². The lowest BCUT2D eigenvalue weighted by Crippen LogP contribution is -2.44. The fourth-order valence-corrected chi connectivity index (χ4v) is 3.66. The highest BCUT2D eigenvalue weighted by atomic mass is 16.5. The molecule has 3 amide bonds. The topological polar surface area (TPSA) is 99.8 Å². The Balaban J connectivity index is 1.41. The van der Waals surface area contributed by atoms with Crippen molar-refractivity contribution in [2.75, 3.05) is 41.8 Å². The van der Waals surface area contributed by atoms with Gasteiger partial charge in [-0.1, -0.05) is 24.3 Å². The molecule has 1 saturated heterocycles. The minimum Gasteiger partial charge on any atom is -0.376 e. The predicted octanol–water partition coefficient (Wildman–Crippen LogP) is 1.99. The van der Waals surface area contributed by atoms with Crippen LogP contribution >= 0.6 is 0 Å². The predicted molar refractivity (Wildman–Crippen MR) is 114 cm³/mol. The number of amides is 3. The van der Waals surface area contributed by atoms with Gasteiger partial charge in [-0.15, -0.1) is 0 Å². The molecule has 3 N–H and O–H groups in total. The number of hydrogen-bond acceptors (Lipinski definition) is 5. The molecule has 0 aliphatic carbocycles. The summed E-state index contributed by atoms with van der Waals surface area (Å²) in [6.45, 7) is 1.11. The third-order valence-corrected chi connectivity index (χ3v) is 5.19. The van der Waals surface area contributed by atoms with Crippen LogP contribution in [-0.4, -0.2) is 50.1 Å². The minimum absolute atomic E-state index is 0.0406. The molecule has 0 saturated carbocycles. The van der Waals surface area contributed by atoms with Gasteiger partial charge in [-0.25, -0.2) is 0 Å². The number of hydrogen-bond donors (Lipinski definition) is 3. The van der Waals surface area contributed by atoms with Crippen LogP contribution in [0.25, 0.3) is 0 Å². The number of nitrogens with one attached hydrogen (secondary N) is 3. The number of nitrogens with zero attached hydrogens (tertiary/aromatic N) is 1. The summed E-state index contributed by atoms with van der Waals surface area (Å²) in [5, 5.41) is 8.71. The Kier molecular flexibility index (Phi) is 5.94. The number of ether oxygens (including phenoxy) is 1. The van der Waals surface area contributed by atoms with Crippen LogP contribution in [0.3, 0.4) is 0 Å². The molecule has 0 radical (unpaired) electrons. The number of carbonyl (C=O) groups is 3. The van der Waals surface area contributed by atoms with Crippen LogP contribution in [0.2, 0.25) is 0 Å². The second kappa shape index (κ2) is 8.96. The van der Waals surface area contributed by atoms with Crippen molar-refractivity contribution in [1.29, 1.82) is 0 Å². The van der Waals surface area contributed by atoms with E-state index in [1.54, 1.807) is 42.5 Å². The van der Waals surface area contributed by atoms with Crippen molar-refractivity contribution in [3.8, 4) is 0 Å². The number of para-hydroxylation sites is 3. The zero-order valence-corrected chi connectivity index (χ0v) is 16.5. The summed E-state index contributed by atoms with van der Waals surface area (Å²) in [6.07, 6.45) is 2.01. The number of benzene rings is 2. The Morgan fingerprint density at radius 3 is 2.77 bits per heavy atom. The molecule has 0 spiro atoms. The summed E-state index contributed by atoms with van der Waals surface area (Å²) in [6, 6.07) is 14.2. The SMILES string of the molecule is O=C1CN(C(=O)CNc2ccccc2C(=O)NC[C@H]2CCCO2)c2ccccc2N1. The molecule has 30 heavy (non-hydrogen) atoms. The molecule has 2 aromatic rings. The molecule has 1 fully saturated rings. The van der Waals surface area contributed by atoms with Crippen molar-refractivity contribution in [2.45, 2.75) is 18.9 Å². The van der Waals surface area contributed by atoms with Crippen LogP contribution in [0, 0.1) is 0 Å². The zero-order chi connectivity index (χ0) is 20.9. The van der Waals surface area contributed by atoms with Crippen molar-refractivity contribution in [2.24, 2.45) is 0 Å². The second-order valence-corrected chi connectivity index (χ2v) is 7.29. The third-order valence-electron chi connectivity index (χ3n) is 5.19. The van der Waals surface area contributed by atoms with Crippen molar-refractivity contribution in [1.82, 2.24) is 5.32 Å². The summed E-state index contributed by atoms with van der Waals surface area (Å²) >= 11 is 0. The number of rotatable bonds is 6. The lowest BCUT2D eigenvalue weighted by Gasteiger charge is -2.29. The molecule has 0 aromatic heterocycles. The van der Waals surface area contributed by atoms with E-state index in [9.17, 15) is 14.4 Å². The highest BCUT2D eigenvalue weighted by Gasteiger charge is 2.26. The smallest absolute Gasteiger partial charge is 0.253 e. The first kappa shape index (κ1) is 19.9. The van der Waals surface area contributed by atoms with Crippen LogP contribution in [0.4, 0.5) is 17.1 Å². The molecule has 2 aliphatic rings. The normalized spacial score (nSPS) is 17.8. The quantitative estimate of drug-likeness (QED) is 0.679. The van der Waals surface area contributed by atoms with Gasteiger partial charge in [0, 0.05) is 18.8 Å². The molecule has 2 aliphatic heterocycles. The second-order valence-electron chi connectivity index (χ2n) is 7.29. The van der Waals surface area contributed by atoms with Gasteiger partial charge >= 0.3 is 0 Å². The van der Waals surface area contributed by atoms with E-state index >= 15 is 0 Å². The first-order valence-electron chi connectivity index (χ1n) is 10.0. The Labute approximate surface area is 174 Å². The Bertz CT molecular complexity index is 956. The molecular formula is C22H24N4O4. The van der Waals surface area contributed by atoms with Crippen LogP contribution in [0.15, 0.2) is 48.5 Å². The lowest BCUT2D eigenvalue weighted by molar-refractivity contribution is -0.120. The van der Waals surface area contributed by atoms with Gasteiger partial charge in [-0.05, 0) is 37.1 Å². The molecule has 8 heteroatoms. The molecule has 0 bridgehead atoms. The van der Waals surface area contributed by atoms with Crippen LogP contribution in [0.1, 0.15) is 23.2 Å². The van der Waals surface area contributed by atoms with E-state index < -0.39 is 0 Å². The summed E-state index contributed by atoms with van der Waals surface area (Å²) < 4.78 is 5.54. The van der Waals surface area contributed by atoms with Gasteiger partial charge < -0.3 is 20.7 Å². The standard InChI is InChI=1S/C22H24N4O4/c27-20-14-26(19-10-4-3-9-18(19)25-20)21(28)13-23-17-8-2-1-7-16(17)22(29)24-12-15-6-5-11-30-15/h1-4,7-10,15,23H,5-6,11-14H2,(H,24,29)(H,25,27)/t15-/m1/s1. The number of fused-ring (bicyclic) bond motifs is 1. The van der Waals surface area contributed by atoms with E-state index in [-0.39, 0.29) is 36.9 Å². The Morgan fingerprint density at radius 1 is 1.13 bits per heavy atom. The average Bonchev–Trinajstić information content (AvgIpc) is 3.29. The third kappa shape index (κ3) is 4.44. The van der Waals surface area contributed by atoms with E-state index in [0.29, 0.717) is 29.2 Å². The van der Waals surface area contributed by atoms with E-state index in [1.807, 2.05) is 6.07 Å². The molecule has 0 unspecified atom stereocenters. The van der Waals surface area contributed by atoms with Gasteiger partial charge in [0.05, 0.1) is 29.6 Å². The van der Waals surface area contributed by atoms with Gasteiger partial charge in [0.25, 0.3) is 5.91 Å². The molecule has 156 valence electrons. The first-order chi connectivity index (χ1) is 14.6. The van der Waals surface area contributed by atoms with Crippen molar-refractivity contribution < 1.29 is 19.1 Å². The molecule has 2 aromatic carbocycles. The van der Waals surface area contributed by atoms with Gasteiger partial charge in [0.2, 0.25) is 11.8 Å². The largest absolute Gasteiger partial charge is 0.376 e. The monoisotopic (exact) mass is 408 g/mol. The summed E-state index contributed by atoms with van der Waals surface area (Å²) in [5.74, 6) is -0.716. The van der Waals surface area contributed by atoms with E-state index in [1.165, 1.54) is 4.90 Å². The van der Waals surface area contributed by atoms with Crippen LogP contribution in [-0.2, 0) is 14.3 Å². The molecule has 8 nitrogen and oxygen atoms in total. The Hall–Kier alpha value is -3.39.